The van der Waals surface area contributed by atoms with Gasteiger partial charge in [0.05, 0.1) is 11.4 Å². The van der Waals surface area contributed by atoms with Crippen LogP contribution in [0, 0.1) is 0 Å². The number of fused-ring (bicyclic) bond motifs is 8. The third kappa shape index (κ3) is 4.47. The Balaban J connectivity index is 0.000000281. The van der Waals surface area contributed by atoms with Crippen molar-refractivity contribution in [2.24, 2.45) is 0 Å². The topological polar surface area (TPSA) is 114 Å². The van der Waals surface area contributed by atoms with Crippen LogP contribution in [0.15, 0.2) is 78.1 Å². The van der Waals surface area contributed by atoms with Crippen LogP contribution in [0.3, 0.4) is 0 Å². The van der Waals surface area contributed by atoms with E-state index in [1.54, 1.807) is 36.4 Å². The predicted molar refractivity (Wildman–Crippen MR) is 126 cm³/mol. The van der Waals surface area contributed by atoms with E-state index in [1.807, 2.05) is 54.6 Å². The zero-order valence-electron chi connectivity index (χ0n) is 17.4. The number of hydrogen-bond donors (Lipinski definition) is 5. The van der Waals surface area contributed by atoms with Gasteiger partial charge in [0.15, 0.2) is 0 Å². The molecule has 1 aromatic carbocycles. The van der Waals surface area contributed by atoms with Crippen molar-refractivity contribution in [3.8, 4) is 5.75 Å². The van der Waals surface area contributed by atoms with Gasteiger partial charge < -0.3 is 25.4 Å². The molecule has 4 aromatic rings. The number of H-pyrrole nitrogens is 3. The number of Topliss-reactive ketones (excluding diaryl/α,β-unsaturated/α-hetero) is 2. The third-order valence-corrected chi connectivity index (χ3v) is 5.14. The maximum atomic E-state index is 12.2. The molecule has 7 heteroatoms. The summed E-state index contributed by atoms with van der Waals surface area (Å²) in [4.78, 5) is 34.2. The van der Waals surface area contributed by atoms with Crippen molar-refractivity contribution < 1.29 is 14.7 Å². The molecule has 2 aliphatic rings. The number of nitrogens with one attached hydrogen (secondary N) is 4. The molecule has 0 aliphatic carbocycles. The number of benzene rings is 1. The summed E-state index contributed by atoms with van der Waals surface area (Å²) in [6.07, 6.45) is 7.26. The van der Waals surface area contributed by atoms with Crippen molar-refractivity contribution in [2.75, 3.05) is 0 Å². The van der Waals surface area contributed by atoms with Gasteiger partial charge >= 0.3 is 0 Å². The standard InChI is InChI=1S/C20H14N4O2.C6H6O/c25-19-17-9-15-5-3-13(22-15)7-11-1-2-12(21-11)8-14-4-6-16(23-14)10-18(24-17)20(19)26;7-6-4-2-1-3-5-6/h1-10,21-24H;1-5,7H. The normalized spacial score (nSPS) is 14.2. The van der Waals surface area contributed by atoms with Crippen molar-refractivity contribution in [3.63, 3.8) is 0 Å². The molecule has 0 atom stereocenters. The van der Waals surface area contributed by atoms with Crippen LogP contribution in [0.2, 0.25) is 0 Å². The number of rotatable bonds is 0. The molecule has 5 N–H and O–H groups in total. The quantitative estimate of drug-likeness (QED) is 0.272. The Morgan fingerprint density at radius 1 is 0.515 bits per heavy atom. The molecule has 33 heavy (non-hydrogen) atoms. The Bertz CT molecular complexity index is 1440. The molecule has 0 radical (unpaired) electrons. The van der Waals surface area contributed by atoms with Crippen LogP contribution >= 0.6 is 0 Å². The number of aromatic hydroxyl groups is 1. The molecule has 6 rings (SSSR count). The van der Waals surface area contributed by atoms with Crippen LogP contribution in [0.4, 0.5) is 0 Å². The molecule has 2 aliphatic heterocycles. The van der Waals surface area contributed by atoms with Crippen molar-refractivity contribution in [3.05, 3.63) is 112 Å². The minimum Gasteiger partial charge on any atom is -0.508 e. The Morgan fingerprint density at radius 2 is 0.970 bits per heavy atom. The van der Waals surface area contributed by atoms with Crippen LogP contribution < -0.4 is 16.0 Å². The Morgan fingerprint density at radius 3 is 1.39 bits per heavy atom. The van der Waals surface area contributed by atoms with E-state index in [4.69, 9.17) is 5.11 Å². The van der Waals surface area contributed by atoms with E-state index in [2.05, 4.69) is 20.3 Å². The Hall–Kier alpha value is -4.78. The van der Waals surface area contributed by atoms with Gasteiger partial charge in [-0.15, -0.1) is 0 Å². The highest BCUT2D eigenvalue weighted by Gasteiger charge is 2.31. The summed E-state index contributed by atoms with van der Waals surface area (Å²) in [7, 11) is 0. The highest BCUT2D eigenvalue weighted by atomic mass is 16.3. The van der Waals surface area contributed by atoms with Gasteiger partial charge in [0, 0.05) is 33.5 Å². The average molecular weight is 436 g/mol. The minimum atomic E-state index is -0.535. The van der Waals surface area contributed by atoms with Gasteiger partial charge in [-0.05, 0) is 72.8 Å². The number of aromatic nitrogens is 3. The van der Waals surface area contributed by atoms with Crippen LogP contribution in [0.25, 0.3) is 24.3 Å². The molecule has 1 fully saturated rings. The molecule has 0 saturated carbocycles. The van der Waals surface area contributed by atoms with Gasteiger partial charge in [-0.25, -0.2) is 0 Å². The molecule has 7 nitrogen and oxygen atoms in total. The highest BCUT2D eigenvalue weighted by Crippen LogP contribution is 2.18. The summed E-state index contributed by atoms with van der Waals surface area (Å²) in [5.74, 6) is -0.747. The second-order valence-corrected chi connectivity index (χ2v) is 7.63. The zero-order valence-corrected chi connectivity index (χ0v) is 17.4. The summed E-state index contributed by atoms with van der Waals surface area (Å²) >= 11 is 0. The van der Waals surface area contributed by atoms with E-state index in [-0.39, 0.29) is 11.4 Å². The summed E-state index contributed by atoms with van der Waals surface area (Å²) < 4.78 is 0. The number of phenols is 1. The lowest BCUT2D eigenvalue weighted by atomic mass is 10.2. The average Bonchev–Trinajstić information content (AvgIpc) is 3.58. The largest absolute Gasteiger partial charge is 0.508 e. The fraction of sp³-hybridized carbons (Fsp3) is 0. The summed E-state index contributed by atoms with van der Waals surface area (Å²) in [5, 5.41) is 13.5. The van der Waals surface area contributed by atoms with E-state index in [1.165, 1.54) is 0 Å². The van der Waals surface area contributed by atoms with Crippen molar-refractivity contribution in [2.45, 2.75) is 0 Å². The van der Waals surface area contributed by atoms with Crippen LogP contribution in [0.1, 0.15) is 22.8 Å². The number of para-hydroxylation sites is 1. The first-order chi connectivity index (χ1) is 16.0. The lowest BCUT2D eigenvalue weighted by molar-refractivity contribution is -0.130. The third-order valence-electron chi connectivity index (χ3n) is 5.14. The molecule has 3 aromatic heterocycles. The lowest BCUT2D eigenvalue weighted by Gasteiger charge is -1.97. The van der Waals surface area contributed by atoms with Gasteiger partial charge in [0.25, 0.3) is 11.6 Å². The second kappa shape index (κ2) is 8.39. The minimum absolute atomic E-state index is 0.266. The van der Waals surface area contributed by atoms with E-state index in [0.29, 0.717) is 5.75 Å². The number of aromatic amines is 3. The molecular weight excluding hydrogens is 416 g/mol. The van der Waals surface area contributed by atoms with Crippen molar-refractivity contribution in [1.82, 2.24) is 20.3 Å². The first-order valence-corrected chi connectivity index (χ1v) is 10.3. The molecule has 0 amide bonds. The molecular formula is C26H20N4O3. The van der Waals surface area contributed by atoms with Gasteiger partial charge in [-0.3, -0.25) is 9.59 Å². The maximum absolute atomic E-state index is 12.2. The predicted octanol–water partition coefficient (Wildman–Crippen LogP) is 2.16. The van der Waals surface area contributed by atoms with Crippen LogP contribution in [-0.4, -0.2) is 31.6 Å². The molecule has 162 valence electrons. The number of hydrogen-bond acceptors (Lipinski definition) is 4. The van der Waals surface area contributed by atoms with Crippen LogP contribution in [0.5, 0.6) is 5.75 Å². The summed E-state index contributed by atoms with van der Waals surface area (Å²) in [6, 6.07) is 20.3. The fourth-order valence-electron chi connectivity index (χ4n) is 3.57. The lowest BCUT2D eigenvalue weighted by Crippen LogP contribution is -2.09. The van der Waals surface area contributed by atoms with E-state index in [9.17, 15) is 9.59 Å². The maximum Gasteiger partial charge on any atom is 0.251 e. The number of carbonyl (C=O) groups excluding carboxylic acids is 2. The first kappa shape index (κ1) is 20.1. The van der Waals surface area contributed by atoms with Crippen molar-refractivity contribution in [1.29, 1.82) is 0 Å². The Labute approximate surface area is 188 Å². The molecule has 1 saturated heterocycles. The summed E-state index contributed by atoms with van der Waals surface area (Å²) in [5.41, 5.74) is 3.81. The SMILES string of the molecule is O=C1C(=O)C2=Cc3ccc([nH]3)C=c3ccc([nH]3)=Cc3ccc([nH]3)C=C1N2.Oc1ccccc1. The number of ketones is 2. The van der Waals surface area contributed by atoms with E-state index < -0.39 is 11.6 Å². The zero-order chi connectivity index (χ0) is 22.8. The molecule has 8 bridgehead atoms. The van der Waals surface area contributed by atoms with Crippen LogP contribution in [-0.2, 0) is 9.59 Å². The monoisotopic (exact) mass is 436 g/mol. The van der Waals surface area contributed by atoms with Gasteiger partial charge in [-0.2, -0.15) is 0 Å². The second-order valence-electron chi connectivity index (χ2n) is 7.63. The van der Waals surface area contributed by atoms with Gasteiger partial charge in [-0.1, -0.05) is 18.2 Å². The highest BCUT2D eigenvalue weighted by molar-refractivity contribution is 6.53. The van der Waals surface area contributed by atoms with Gasteiger partial charge in [0.2, 0.25) is 0 Å². The fourth-order valence-corrected chi connectivity index (χ4v) is 3.57. The smallest absolute Gasteiger partial charge is 0.251 e. The summed E-state index contributed by atoms with van der Waals surface area (Å²) in [6.45, 7) is 0. The molecule has 0 spiro atoms. The van der Waals surface area contributed by atoms with Crippen molar-refractivity contribution >= 4 is 35.9 Å². The molecule has 5 heterocycles. The van der Waals surface area contributed by atoms with E-state index >= 15 is 0 Å². The Kier molecular flexibility index (Phi) is 5.12. The van der Waals surface area contributed by atoms with Gasteiger partial charge in [0.1, 0.15) is 5.75 Å². The number of allylic oxidation sites excluding steroid dienone is 2. The van der Waals surface area contributed by atoms with E-state index in [0.717, 1.165) is 33.5 Å². The number of carbonyl (C=O) groups is 2. The number of phenolic OH excluding ortho intramolecular Hbond substituents is 1. The first-order valence-electron chi connectivity index (χ1n) is 10.3. The molecule has 0 unspecified atom stereocenters.